The van der Waals surface area contributed by atoms with Gasteiger partial charge in [-0.3, -0.25) is 0 Å². The lowest BCUT2D eigenvalue weighted by Crippen LogP contribution is -2.26. The van der Waals surface area contributed by atoms with Gasteiger partial charge in [-0.15, -0.1) is 0 Å². The Balaban J connectivity index is 1.66. The van der Waals surface area contributed by atoms with Crippen LogP contribution in [0.3, 0.4) is 0 Å². The molecule has 1 N–H and O–H groups in total. The lowest BCUT2D eigenvalue weighted by atomic mass is 9.70. The van der Waals surface area contributed by atoms with Gasteiger partial charge < -0.3 is 0 Å². The molecule has 4 atom stereocenters. The highest BCUT2D eigenvalue weighted by molar-refractivity contribution is 8.04. The molecule has 1 aliphatic heterocycles. The first kappa shape index (κ1) is 19.8. The molecule has 27 heavy (non-hydrogen) atoms. The predicted octanol–water partition coefficient (Wildman–Crippen LogP) is 4.71. The zero-order valence-electron chi connectivity index (χ0n) is 15.5. The van der Waals surface area contributed by atoms with E-state index in [1.165, 1.54) is 11.8 Å². The molecule has 6 heteroatoms. The number of hydrogen-bond donors (Lipinski definition) is 1. The molecule has 0 saturated heterocycles. The van der Waals surface area contributed by atoms with Gasteiger partial charge in [0.25, 0.3) is 0 Å². The van der Waals surface area contributed by atoms with Crippen molar-refractivity contribution in [3.63, 3.8) is 0 Å². The van der Waals surface area contributed by atoms with Crippen LogP contribution in [-0.2, 0) is 15.4 Å². The maximum atomic E-state index is 12.2. The van der Waals surface area contributed by atoms with Crippen LogP contribution >= 0.6 is 11.8 Å². The van der Waals surface area contributed by atoms with Gasteiger partial charge in [0.1, 0.15) is 5.37 Å². The molecule has 0 fully saturated rings. The molecule has 4 nitrogen and oxygen atoms in total. The first-order chi connectivity index (χ1) is 12.9. The molecule has 0 spiro atoms. The molecular formula is C21H22N2O2S2. The molecule has 3 rings (SSSR count). The predicted molar refractivity (Wildman–Crippen MR) is 111 cm³/mol. The van der Waals surface area contributed by atoms with Crippen molar-refractivity contribution in [2.24, 2.45) is 11.3 Å². The maximum Gasteiger partial charge on any atom is 0.206 e. The summed E-state index contributed by atoms with van der Waals surface area (Å²) in [7, 11) is 0. The molecule has 0 aromatic heterocycles. The molecule has 1 aromatic carbocycles. The van der Waals surface area contributed by atoms with Crippen molar-refractivity contribution < 1.29 is 8.49 Å². The molecule has 0 radical (unpaired) electrons. The van der Waals surface area contributed by atoms with Crippen LogP contribution in [0.2, 0.25) is 0 Å². The highest BCUT2D eigenvalue weighted by Gasteiger charge is 2.35. The van der Waals surface area contributed by atoms with Gasteiger partial charge in [-0.1, -0.05) is 73.7 Å². The van der Waals surface area contributed by atoms with Crippen molar-refractivity contribution in [2.75, 3.05) is 0 Å². The van der Waals surface area contributed by atoms with Gasteiger partial charge in [-0.2, -0.15) is 15.0 Å². The number of allylic oxidation sites excluding steroid dienone is 6. The Kier molecular flexibility index (Phi) is 6.18. The van der Waals surface area contributed by atoms with E-state index in [0.29, 0.717) is 4.90 Å². The van der Waals surface area contributed by atoms with E-state index < -0.39 is 11.1 Å². The molecule has 0 saturated carbocycles. The molecule has 4 unspecified atom stereocenters. The third-order valence-corrected chi connectivity index (χ3v) is 6.93. The van der Waals surface area contributed by atoms with E-state index in [-0.39, 0.29) is 16.7 Å². The Morgan fingerprint density at radius 1 is 1.30 bits per heavy atom. The number of hydrogen-bond acceptors (Lipinski definition) is 5. The second-order valence-corrected chi connectivity index (χ2v) is 9.10. The zero-order valence-corrected chi connectivity index (χ0v) is 17.1. The summed E-state index contributed by atoms with van der Waals surface area (Å²) in [5.74, 6) is 0.232. The third-order valence-electron chi connectivity index (χ3n) is 4.93. The highest BCUT2D eigenvalue weighted by Crippen LogP contribution is 2.45. The van der Waals surface area contributed by atoms with Crippen LogP contribution in [0.25, 0.3) is 0 Å². The minimum Gasteiger partial charge on any atom is -0.223 e. The van der Waals surface area contributed by atoms with E-state index in [9.17, 15) is 9.47 Å². The summed E-state index contributed by atoms with van der Waals surface area (Å²) in [6.45, 7) is 6.18. The van der Waals surface area contributed by atoms with Gasteiger partial charge >= 0.3 is 0 Å². The first-order valence-electron chi connectivity index (χ1n) is 8.71. The number of nitrogens with zero attached hydrogens (tertiary/aromatic N) is 1. The van der Waals surface area contributed by atoms with E-state index in [4.69, 9.17) is 4.28 Å². The summed E-state index contributed by atoms with van der Waals surface area (Å²) in [4.78, 5) is 1.52. The van der Waals surface area contributed by atoms with Crippen molar-refractivity contribution in [3.8, 4) is 6.07 Å². The standard InChI is InChI=1S/C21H22N2O2S2/c1-15-7-9-17(10-8-15)27(24)25-23-20-12-11-19(26-20)18(14-22)21(3)13-5-4-6-16(21)2/h4-13,16,20,23H,1-3H3/b19-18+. The lowest BCUT2D eigenvalue weighted by molar-refractivity contribution is 0.226. The second-order valence-electron chi connectivity index (χ2n) is 6.81. The smallest absolute Gasteiger partial charge is 0.206 e. The minimum atomic E-state index is -1.59. The summed E-state index contributed by atoms with van der Waals surface area (Å²) in [5, 5.41) is 9.59. The molecule has 1 heterocycles. The topological polar surface area (TPSA) is 62.1 Å². The second kappa shape index (κ2) is 8.41. The Labute approximate surface area is 167 Å². The quantitative estimate of drug-likeness (QED) is 0.575. The van der Waals surface area contributed by atoms with Crippen molar-refractivity contribution in [3.05, 3.63) is 76.8 Å². The Morgan fingerprint density at radius 3 is 2.70 bits per heavy atom. The van der Waals surface area contributed by atoms with E-state index in [1.807, 2.05) is 43.4 Å². The fourth-order valence-electron chi connectivity index (χ4n) is 2.97. The molecule has 1 aliphatic carbocycles. The molecule has 1 aromatic rings. The van der Waals surface area contributed by atoms with Gasteiger partial charge in [-0.05, 0) is 31.1 Å². The first-order valence-corrected chi connectivity index (χ1v) is 10.7. The van der Waals surface area contributed by atoms with Crippen LogP contribution < -0.4 is 5.48 Å². The number of benzene rings is 1. The Morgan fingerprint density at radius 2 is 2.04 bits per heavy atom. The summed E-state index contributed by atoms with van der Waals surface area (Å²) >= 11 is -0.0948. The molecule has 2 aliphatic rings. The van der Waals surface area contributed by atoms with Crippen molar-refractivity contribution in [1.82, 2.24) is 5.48 Å². The fraction of sp³-hybridized carbons (Fsp3) is 0.286. The number of thioether (sulfide) groups is 1. The average Bonchev–Trinajstić information content (AvgIpc) is 3.12. The Hall–Kier alpha value is -1.91. The lowest BCUT2D eigenvalue weighted by Gasteiger charge is -2.33. The van der Waals surface area contributed by atoms with Crippen molar-refractivity contribution in [1.29, 1.82) is 5.26 Å². The van der Waals surface area contributed by atoms with E-state index in [1.54, 1.807) is 12.1 Å². The van der Waals surface area contributed by atoms with Crippen LogP contribution in [0.15, 0.2) is 76.1 Å². The summed E-state index contributed by atoms with van der Waals surface area (Å²) in [6.07, 6.45) is 12.1. The zero-order chi connectivity index (χ0) is 19.4. The normalized spacial score (nSPS) is 29.6. The maximum absolute atomic E-state index is 12.2. The van der Waals surface area contributed by atoms with Crippen molar-refractivity contribution in [2.45, 2.75) is 31.0 Å². The number of hydroxylamine groups is 1. The number of nitriles is 1. The van der Waals surface area contributed by atoms with Crippen molar-refractivity contribution >= 4 is 22.8 Å². The fourth-order valence-corrected chi connectivity index (χ4v) is 4.75. The van der Waals surface area contributed by atoms with Crippen LogP contribution in [0, 0.1) is 29.6 Å². The number of rotatable bonds is 5. The van der Waals surface area contributed by atoms with Crippen LogP contribution in [0.4, 0.5) is 0 Å². The SMILES string of the molecule is Cc1ccc(S(=O)ONC2C=C/C(=C(/C#N)C3(C)C=CC=CC3C)S2)cc1. The van der Waals surface area contributed by atoms with E-state index in [2.05, 4.69) is 37.5 Å². The van der Waals surface area contributed by atoms with E-state index in [0.717, 1.165) is 16.0 Å². The summed E-state index contributed by atoms with van der Waals surface area (Å²) in [6, 6.07) is 9.76. The van der Waals surface area contributed by atoms with Gasteiger partial charge in [0, 0.05) is 10.3 Å². The molecule has 140 valence electrons. The monoisotopic (exact) mass is 398 g/mol. The molecule has 0 bridgehead atoms. The third kappa shape index (κ3) is 4.33. The van der Waals surface area contributed by atoms with E-state index >= 15 is 0 Å². The summed E-state index contributed by atoms with van der Waals surface area (Å²) < 4.78 is 17.6. The van der Waals surface area contributed by atoms with Gasteiger partial charge in [0.15, 0.2) is 0 Å². The largest absolute Gasteiger partial charge is 0.223 e. The number of nitrogens with one attached hydrogen (secondary N) is 1. The molecular weight excluding hydrogens is 376 g/mol. The highest BCUT2D eigenvalue weighted by atomic mass is 32.2. The van der Waals surface area contributed by atoms with Crippen LogP contribution in [-0.4, -0.2) is 9.58 Å². The van der Waals surface area contributed by atoms with Crippen LogP contribution in [0.1, 0.15) is 19.4 Å². The Bertz CT molecular complexity index is 894. The molecule has 0 amide bonds. The minimum absolute atomic E-state index is 0.195. The van der Waals surface area contributed by atoms with Crippen LogP contribution in [0.5, 0.6) is 0 Å². The van der Waals surface area contributed by atoms with Gasteiger partial charge in [-0.25, -0.2) is 4.21 Å². The van der Waals surface area contributed by atoms with Gasteiger partial charge in [0.05, 0.1) is 16.5 Å². The summed E-state index contributed by atoms with van der Waals surface area (Å²) in [5.41, 5.74) is 4.33. The average molecular weight is 399 g/mol. The number of aryl methyl sites for hydroxylation is 1. The van der Waals surface area contributed by atoms with Gasteiger partial charge in [0.2, 0.25) is 11.1 Å².